The van der Waals surface area contributed by atoms with Crippen LogP contribution in [0.4, 0.5) is 23.1 Å². The monoisotopic (exact) mass is 301 g/mol. The average molecular weight is 301 g/mol. The molecule has 0 radical (unpaired) electrons. The van der Waals surface area contributed by atoms with E-state index in [1.165, 1.54) is 0 Å². The molecule has 0 aliphatic heterocycles. The van der Waals surface area contributed by atoms with Gasteiger partial charge in [-0.3, -0.25) is 0 Å². The molecule has 22 heavy (non-hydrogen) atoms. The molecule has 0 unspecified atom stereocenters. The molecule has 118 valence electrons. The molecule has 0 spiro atoms. The summed E-state index contributed by atoms with van der Waals surface area (Å²) in [6, 6.07) is 8.12. The van der Waals surface area contributed by atoms with Gasteiger partial charge in [0.2, 0.25) is 5.95 Å². The second-order valence-corrected chi connectivity index (χ2v) is 5.46. The predicted molar refractivity (Wildman–Crippen MR) is 90.9 cm³/mol. The van der Waals surface area contributed by atoms with Crippen LogP contribution in [0.2, 0.25) is 0 Å². The summed E-state index contributed by atoms with van der Waals surface area (Å²) in [6.07, 6.45) is 1.61. The van der Waals surface area contributed by atoms with Crippen LogP contribution in [0, 0.1) is 0 Å². The lowest BCUT2D eigenvalue weighted by molar-refractivity contribution is 0.425. The van der Waals surface area contributed by atoms with Crippen LogP contribution in [0.25, 0.3) is 0 Å². The number of hydrogen-bond donors (Lipinski definition) is 2. The van der Waals surface area contributed by atoms with Gasteiger partial charge >= 0.3 is 0 Å². The quantitative estimate of drug-likeness (QED) is 0.806. The number of hydrogen-bond acceptors (Lipinski definition) is 7. The Hall–Kier alpha value is -2.41. The Morgan fingerprint density at radius 2 is 1.77 bits per heavy atom. The van der Waals surface area contributed by atoms with Crippen LogP contribution in [0.15, 0.2) is 30.5 Å². The molecule has 0 atom stereocenters. The highest BCUT2D eigenvalue weighted by molar-refractivity contribution is 5.60. The first-order valence-corrected chi connectivity index (χ1v) is 7.17. The standard InChI is InChI=1S/C15H23N7/c1-21(2)10-9-16-15-19-14(11-17-20-15)18-12-5-7-13(8-6-12)22(3)4/h5-8,11H,9-10H2,1-4H3,(H2,16,18,19,20). The van der Waals surface area contributed by atoms with E-state index in [1.807, 2.05) is 52.5 Å². The summed E-state index contributed by atoms with van der Waals surface area (Å²) in [6.45, 7) is 1.68. The van der Waals surface area contributed by atoms with E-state index in [4.69, 9.17) is 0 Å². The molecule has 2 aromatic rings. The average Bonchev–Trinajstić information content (AvgIpc) is 2.48. The van der Waals surface area contributed by atoms with Gasteiger partial charge in [0, 0.05) is 38.6 Å². The number of benzene rings is 1. The number of nitrogens with one attached hydrogen (secondary N) is 2. The largest absolute Gasteiger partial charge is 0.378 e. The number of nitrogens with zero attached hydrogens (tertiary/aromatic N) is 5. The van der Waals surface area contributed by atoms with Crippen molar-refractivity contribution in [2.45, 2.75) is 0 Å². The number of likely N-dealkylation sites (N-methyl/N-ethyl adjacent to an activating group) is 1. The van der Waals surface area contributed by atoms with Crippen LogP contribution in [-0.4, -0.2) is 61.4 Å². The third-order valence-electron chi connectivity index (χ3n) is 3.06. The van der Waals surface area contributed by atoms with Gasteiger partial charge < -0.3 is 20.4 Å². The minimum Gasteiger partial charge on any atom is -0.378 e. The maximum absolute atomic E-state index is 4.40. The minimum absolute atomic E-state index is 0.525. The van der Waals surface area contributed by atoms with E-state index in [9.17, 15) is 0 Å². The normalized spacial score (nSPS) is 10.6. The SMILES string of the molecule is CN(C)CCNc1nncc(Nc2ccc(N(C)C)cc2)n1. The van der Waals surface area contributed by atoms with Crippen LogP contribution in [0.3, 0.4) is 0 Å². The first-order valence-electron chi connectivity index (χ1n) is 7.17. The van der Waals surface area contributed by atoms with Gasteiger partial charge in [-0.15, -0.1) is 5.10 Å². The van der Waals surface area contributed by atoms with Gasteiger partial charge in [0.1, 0.15) is 0 Å². The van der Waals surface area contributed by atoms with Gasteiger partial charge in [-0.05, 0) is 38.4 Å². The van der Waals surface area contributed by atoms with E-state index in [2.05, 4.69) is 35.6 Å². The highest BCUT2D eigenvalue weighted by Gasteiger charge is 2.02. The molecule has 0 saturated carbocycles. The van der Waals surface area contributed by atoms with Gasteiger partial charge in [-0.2, -0.15) is 10.1 Å². The lowest BCUT2D eigenvalue weighted by Gasteiger charge is -2.13. The van der Waals surface area contributed by atoms with Gasteiger partial charge in [0.25, 0.3) is 0 Å². The van der Waals surface area contributed by atoms with Crippen molar-refractivity contribution in [3.8, 4) is 0 Å². The van der Waals surface area contributed by atoms with Crippen molar-refractivity contribution in [1.82, 2.24) is 20.1 Å². The van der Waals surface area contributed by atoms with Crippen LogP contribution >= 0.6 is 0 Å². The van der Waals surface area contributed by atoms with Crippen molar-refractivity contribution in [2.24, 2.45) is 0 Å². The Bertz CT molecular complexity index is 581. The van der Waals surface area contributed by atoms with Crippen molar-refractivity contribution < 1.29 is 0 Å². The van der Waals surface area contributed by atoms with Crippen LogP contribution in [0.1, 0.15) is 0 Å². The van der Waals surface area contributed by atoms with E-state index in [1.54, 1.807) is 6.20 Å². The number of aromatic nitrogens is 3. The molecule has 0 aliphatic carbocycles. The molecule has 7 heteroatoms. The zero-order valence-electron chi connectivity index (χ0n) is 13.5. The smallest absolute Gasteiger partial charge is 0.244 e. The van der Waals surface area contributed by atoms with Gasteiger partial charge in [-0.25, -0.2) is 0 Å². The first kappa shape index (κ1) is 16.0. The van der Waals surface area contributed by atoms with Crippen LogP contribution < -0.4 is 15.5 Å². The van der Waals surface area contributed by atoms with Crippen molar-refractivity contribution in [2.75, 3.05) is 56.8 Å². The lowest BCUT2D eigenvalue weighted by Crippen LogP contribution is -2.21. The minimum atomic E-state index is 0.525. The first-order chi connectivity index (χ1) is 10.5. The third kappa shape index (κ3) is 4.85. The summed E-state index contributed by atoms with van der Waals surface area (Å²) in [5, 5.41) is 14.3. The molecule has 0 bridgehead atoms. The number of rotatable bonds is 7. The third-order valence-corrected chi connectivity index (χ3v) is 3.06. The summed E-state index contributed by atoms with van der Waals surface area (Å²) in [5.74, 6) is 1.19. The fourth-order valence-electron chi connectivity index (χ4n) is 1.82. The fraction of sp³-hybridized carbons (Fsp3) is 0.400. The molecule has 1 aromatic carbocycles. The molecule has 0 aliphatic rings. The Morgan fingerprint density at radius 3 is 2.41 bits per heavy atom. The molecule has 1 aromatic heterocycles. The fourth-order valence-corrected chi connectivity index (χ4v) is 1.82. The van der Waals surface area contributed by atoms with E-state index < -0.39 is 0 Å². The zero-order valence-corrected chi connectivity index (χ0v) is 13.5. The van der Waals surface area contributed by atoms with E-state index in [-0.39, 0.29) is 0 Å². The van der Waals surface area contributed by atoms with E-state index in [0.29, 0.717) is 11.8 Å². The van der Waals surface area contributed by atoms with Crippen molar-refractivity contribution >= 4 is 23.1 Å². The summed E-state index contributed by atoms with van der Waals surface area (Å²) in [5.41, 5.74) is 2.11. The van der Waals surface area contributed by atoms with Crippen LogP contribution in [-0.2, 0) is 0 Å². The molecule has 0 amide bonds. The molecule has 0 saturated heterocycles. The second kappa shape index (κ2) is 7.56. The Labute approximate surface area is 131 Å². The summed E-state index contributed by atoms with van der Waals surface area (Å²) < 4.78 is 0. The van der Waals surface area contributed by atoms with E-state index in [0.717, 1.165) is 24.5 Å². The Kier molecular flexibility index (Phi) is 5.48. The molecule has 2 N–H and O–H groups in total. The lowest BCUT2D eigenvalue weighted by atomic mass is 10.2. The second-order valence-electron chi connectivity index (χ2n) is 5.46. The summed E-state index contributed by atoms with van der Waals surface area (Å²) in [7, 11) is 8.08. The van der Waals surface area contributed by atoms with E-state index >= 15 is 0 Å². The molecule has 0 fully saturated rings. The summed E-state index contributed by atoms with van der Waals surface area (Å²) >= 11 is 0. The van der Waals surface area contributed by atoms with Gasteiger partial charge in [0.15, 0.2) is 5.82 Å². The highest BCUT2D eigenvalue weighted by atomic mass is 15.3. The molecule has 1 heterocycles. The topological polar surface area (TPSA) is 69.2 Å². The Balaban J connectivity index is 1.97. The van der Waals surface area contributed by atoms with Crippen molar-refractivity contribution in [3.05, 3.63) is 30.5 Å². The maximum Gasteiger partial charge on any atom is 0.244 e. The summed E-state index contributed by atoms with van der Waals surface area (Å²) in [4.78, 5) is 8.55. The highest BCUT2D eigenvalue weighted by Crippen LogP contribution is 2.18. The van der Waals surface area contributed by atoms with Gasteiger partial charge in [-0.1, -0.05) is 0 Å². The number of anilines is 4. The van der Waals surface area contributed by atoms with Gasteiger partial charge in [0.05, 0.1) is 6.20 Å². The van der Waals surface area contributed by atoms with Crippen molar-refractivity contribution in [3.63, 3.8) is 0 Å². The predicted octanol–water partition coefficient (Wildman–Crippen LogP) is 1.65. The molecule has 7 nitrogen and oxygen atoms in total. The molecular weight excluding hydrogens is 278 g/mol. The van der Waals surface area contributed by atoms with Crippen LogP contribution in [0.5, 0.6) is 0 Å². The zero-order chi connectivity index (χ0) is 15.9. The molecular formula is C15H23N7. The molecule has 2 rings (SSSR count). The maximum atomic E-state index is 4.40. The Morgan fingerprint density at radius 1 is 1.05 bits per heavy atom. The van der Waals surface area contributed by atoms with Crippen molar-refractivity contribution in [1.29, 1.82) is 0 Å².